The van der Waals surface area contributed by atoms with Crippen molar-refractivity contribution < 1.29 is 19.4 Å². The Morgan fingerprint density at radius 2 is 1.83 bits per heavy atom. The number of piperidine rings is 1. The van der Waals surface area contributed by atoms with Gasteiger partial charge in [0.25, 0.3) is 0 Å². The maximum atomic E-state index is 12.4. The molecule has 2 aliphatic rings. The van der Waals surface area contributed by atoms with E-state index in [9.17, 15) is 14.7 Å². The van der Waals surface area contributed by atoms with Crippen molar-refractivity contribution in [2.45, 2.75) is 31.9 Å². The maximum absolute atomic E-state index is 12.4. The average molecular weight is 332 g/mol. The molecule has 2 aliphatic heterocycles. The zero-order valence-electron chi connectivity index (χ0n) is 13.8. The molecule has 0 saturated carbocycles. The summed E-state index contributed by atoms with van der Waals surface area (Å²) in [6.07, 6.45) is 2.48. The van der Waals surface area contributed by atoms with E-state index in [-0.39, 0.29) is 19.2 Å². The summed E-state index contributed by atoms with van der Waals surface area (Å²) in [6, 6.07) is 9.62. The number of nitrogens with zero attached hydrogens (tertiary/aromatic N) is 2. The van der Waals surface area contributed by atoms with Gasteiger partial charge in [0.2, 0.25) is 0 Å². The topological polar surface area (TPSA) is 70.1 Å². The van der Waals surface area contributed by atoms with Gasteiger partial charge in [-0.1, -0.05) is 30.3 Å². The smallest absolute Gasteiger partial charge is 0.410 e. The minimum Gasteiger partial charge on any atom is -0.481 e. The Morgan fingerprint density at radius 1 is 1.12 bits per heavy atom. The van der Waals surface area contributed by atoms with Gasteiger partial charge in [-0.25, -0.2) is 4.79 Å². The summed E-state index contributed by atoms with van der Waals surface area (Å²) < 4.78 is 5.38. The highest BCUT2D eigenvalue weighted by molar-refractivity contribution is 5.73. The number of carbonyl (C=O) groups is 2. The zero-order valence-corrected chi connectivity index (χ0v) is 13.8. The van der Waals surface area contributed by atoms with Gasteiger partial charge in [-0.2, -0.15) is 0 Å². The molecule has 0 spiro atoms. The lowest BCUT2D eigenvalue weighted by Crippen LogP contribution is -2.53. The van der Waals surface area contributed by atoms with Gasteiger partial charge in [-0.3, -0.25) is 9.69 Å². The molecule has 2 heterocycles. The normalized spacial score (nSPS) is 24.8. The Morgan fingerprint density at radius 3 is 2.50 bits per heavy atom. The fourth-order valence-electron chi connectivity index (χ4n) is 3.58. The second kappa shape index (κ2) is 7.66. The molecule has 1 N–H and O–H groups in total. The van der Waals surface area contributed by atoms with E-state index in [0.717, 1.165) is 31.5 Å². The Bertz CT molecular complexity index is 572. The van der Waals surface area contributed by atoms with Crippen molar-refractivity contribution in [2.75, 3.05) is 26.2 Å². The second-order valence-corrected chi connectivity index (χ2v) is 6.61. The molecule has 6 heteroatoms. The van der Waals surface area contributed by atoms with Crippen LogP contribution < -0.4 is 0 Å². The summed E-state index contributed by atoms with van der Waals surface area (Å²) >= 11 is 0. The highest BCUT2D eigenvalue weighted by atomic mass is 16.6. The lowest BCUT2D eigenvalue weighted by atomic mass is 9.93. The van der Waals surface area contributed by atoms with E-state index in [0.29, 0.717) is 13.0 Å². The molecule has 130 valence electrons. The van der Waals surface area contributed by atoms with Crippen LogP contribution in [0.25, 0.3) is 0 Å². The SMILES string of the molecule is O=C(O)[C@@H]1C[C@@H](N2CCCC2)CN(C(=O)OCc2ccccc2)C1. The first-order chi connectivity index (χ1) is 11.6. The molecule has 0 unspecified atom stereocenters. The van der Waals surface area contributed by atoms with Crippen LogP contribution in [0.2, 0.25) is 0 Å². The molecule has 0 bridgehead atoms. The Hall–Kier alpha value is -2.08. The lowest BCUT2D eigenvalue weighted by Gasteiger charge is -2.39. The summed E-state index contributed by atoms with van der Waals surface area (Å²) in [6.45, 7) is 2.97. The highest BCUT2D eigenvalue weighted by Gasteiger charge is 2.37. The van der Waals surface area contributed by atoms with Crippen LogP contribution in [0.5, 0.6) is 0 Å². The first kappa shape index (κ1) is 16.8. The molecular weight excluding hydrogens is 308 g/mol. The third-order valence-electron chi connectivity index (χ3n) is 4.90. The first-order valence-electron chi connectivity index (χ1n) is 8.56. The van der Waals surface area contributed by atoms with E-state index in [1.165, 1.54) is 0 Å². The number of carboxylic acid groups (broad SMARTS) is 1. The summed E-state index contributed by atoms with van der Waals surface area (Å²) in [7, 11) is 0. The first-order valence-corrected chi connectivity index (χ1v) is 8.56. The van der Waals surface area contributed by atoms with Crippen molar-refractivity contribution in [3.8, 4) is 0 Å². The van der Waals surface area contributed by atoms with Crippen LogP contribution in [0.3, 0.4) is 0 Å². The summed E-state index contributed by atoms with van der Waals surface area (Å²) in [5.74, 6) is -1.35. The van der Waals surface area contributed by atoms with Crippen LogP contribution in [0.4, 0.5) is 4.79 Å². The minimum atomic E-state index is -0.834. The molecule has 1 aromatic carbocycles. The molecule has 0 radical (unpaired) electrons. The van der Waals surface area contributed by atoms with Gasteiger partial charge >= 0.3 is 12.1 Å². The number of rotatable bonds is 4. The Labute approximate surface area is 142 Å². The second-order valence-electron chi connectivity index (χ2n) is 6.61. The van der Waals surface area contributed by atoms with Crippen LogP contribution in [0.15, 0.2) is 30.3 Å². The minimum absolute atomic E-state index is 0.117. The maximum Gasteiger partial charge on any atom is 0.410 e. The number of aliphatic carboxylic acids is 1. The molecule has 1 amide bonds. The average Bonchev–Trinajstić information content (AvgIpc) is 3.15. The lowest BCUT2D eigenvalue weighted by molar-refractivity contribution is -0.144. The van der Waals surface area contributed by atoms with Gasteiger partial charge in [0, 0.05) is 19.1 Å². The molecule has 2 fully saturated rings. The molecule has 2 atom stereocenters. The number of amides is 1. The number of likely N-dealkylation sites (tertiary alicyclic amines) is 2. The van der Waals surface area contributed by atoms with E-state index in [1.807, 2.05) is 30.3 Å². The number of benzene rings is 1. The number of hydrogen-bond donors (Lipinski definition) is 1. The number of carboxylic acids is 1. The van der Waals surface area contributed by atoms with Gasteiger partial charge in [0.1, 0.15) is 6.61 Å². The van der Waals surface area contributed by atoms with Crippen molar-refractivity contribution in [1.29, 1.82) is 0 Å². The van der Waals surface area contributed by atoms with Crippen LogP contribution in [0, 0.1) is 5.92 Å². The highest BCUT2D eigenvalue weighted by Crippen LogP contribution is 2.25. The van der Waals surface area contributed by atoms with Gasteiger partial charge in [0.05, 0.1) is 5.92 Å². The number of hydrogen-bond acceptors (Lipinski definition) is 4. The molecular formula is C18H24N2O4. The van der Waals surface area contributed by atoms with Crippen LogP contribution in [-0.2, 0) is 16.1 Å². The van der Waals surface area contributed by atoms with Crippen LogP contribution >= 0.6 is 0 Å². The number of carbonyl (C=O) groups excluding carboxylic acids is 1. The molecule has 1 aromatic rings. The van der Waals surface area contributed by atoms with Crippen molar-refractivity contribution >= 4 is 12.1 Å². The predicted octanol–water partition coefficient (Wildman–Crippen LogP) is 2.19. The fraction of sp³-hybridized carbons (Fsp3) is 0.556. The Balaban J connectivity index is 1.61. The van der Waals surface area contributed by atoms with Gasteiger partial charge in [0.15, 0.2) is 0 Å². The van der Waals surface area contributed by atoms with Gasteiger partial charge in [-0.15, -0.1) is 0 Å². The van der Waals surface area contributed by atoms with Crippen molar-refractivity contribution in [2.24, 2.45) is 5.92 Å². The summed E-state index contributed by atoms with van der Waals surface area (Å²) in [5.41, 5.74) is 0.925. The quantitative estimate of drug-likeness (QED) is 0.915. The van der Waals surface area contributed by atoms with Crippen LogP contribution in [-0.4, -0.2) is 59.2 Å². The largest absolute Gasteiger partial charge is 0.481 e. The molecule has 2 saturated heterocycles. The zero-order chi connectivity index (χ0) is 16.9. The molecule has 0 aromatic heterocycles. The van der Waals surface area contributed by atoms with Gasteiger partial charge < -0.3 is 14.7 Å². The van der Waals surface area contributed by atoms with Crippen LogP contribution in [0.1, 0.15) is 24.8 Å². The molecule has 6 nitrogen and oxygen atoms in total. The van der Waals surface area contributed by atoms with Gasteiger partial charge in [-0.05, 0) is 37.9 Å². The molecule has 24 heavy (non-hydrogen) atoms. The predicted molar refractivity (Wildman–Crippen MR) is 88.5 cm³/mol. The third-order valence-corrected chi connectivity index (χ3v) is 4.90. The van der Waals surface area contributed by atoms with E-state index in [4.69, 9.17) is 4.74 Å². The van der Waals surface area contributed by atoms with E-state index in [1.54, 1.807) is 4.90 Å². The summed E-state index contributed by atoms with van der Waals surface area (Å²) in [5, 5.41) is 9.41. The Kier molecular flexibility index (Phi) is 5.35. The monoisotopic (exact) mass is 332 g/mol. The van der Waals surface area contributed by atoms with Crippen molar-refractivity contribution in [1.82, 2.24) is 9.80 Å². The van der Waals surface area contributed by atoms with Crippen molar-refractivity contribution in [3.05, 3.63) is 35.9 Å². The van der Waals surface area contributed by atoms with E-state index < -0.39 is 18.0 Å². The van der Waals surface area contributed by atoms with Crippen molar-refractivity contribution in [3.63, 3.8) is 0 Å². The third kappa shape index (κ3) is 4.06. The number of ether oxygens (including phenoxy) is 1. The fourth-order valence-corrected chi connectivity index (χ4v) is 3.58. The summed E-state index contributed by atoms with van der Waals surface area (Å²) in [4.78, 5) is 27.7. The molecule has 3 rings (SSSR count). The van der Waals surface area contributed by atoms with E-state index in [2.05, 4.69) is 4.90 Å². The standard InChI is InChI=1S/C18H24N2O4/c21-17(22)15-10-16(19-8-4-5-9-19)12-20(11-15)18(23)24-13-14-6-2-1-3-7-14/h1-3,6-7,15-16H,4-5,8-13H2,(H,21,22)/t15-,16-/m1/s1. The molecule has 0 aliphatic carbocycles. The van der Waals surface area contributed by atoms with E-state index >= 15 is 0 Å².